The van der Waals surface area contributed by atoms with Crippen LogP contribution in [0.15, 0.2) is 54.9 Å². The summed E-state index contributed by atoms with van der Waals surface area (Å²) in [6.07, 6.45) is 3.34. The Labute approximate surface area is 138 Å². The van der Waals surface area contributed by atoms with Crippen LogP contribution >= 0.6 is 0 Å². The lowest BCUT2D eigenvalue weighted by Crippen LogP contribution is -2.41. The number of rotatable bonds is 3. The number of hydrogen-bond acceptors (Lipinski definition) is 4. The molecule has 1 aromatic carbocycles. The van der Waals surface area contributed by atoms with Gasteiger partial charge in [-0.25, -0.2) is 9.78 Å². The second-order valence-electron chi connectivity index (χ2n) is 5.67. The number of ether oxygens (including phenoxy) is 1. The molecule has 120 valence electrons. The van der Waals surface area contributed by atoms with E-state index < -0.39 is 12.1 Å². The Morgan fingerprint density at radius 1 is 1.25 bits per heavy atom. The molecule has 1 aliphatic rings. The van der Waals surface area contributed by atoms with E-state index in [0.29, 0.717) is 12.0 Å². The fraction of sp³-hybridized carbons (Fsp3) is 0.167. The number of imidazole rings is 1. The van der Waals surface area contributed by atoms with Crippen molar-refractivity contribution >= 4 is 17.5 Å². The van der Waals surface area contributed by atoms with Gasteiger partial charge < -0.3 is 14.5 Å². The summed E-state index contributed by atoms with van der Waals surface area (Å²) in [5, 5.41) is 2.79. The molecule has 0 radical (unpaired) electrons. The van der Waals surface area contributed by atoms with Crippen molar-refractivity contribution in [2.75, 3.05) is 0 Å². The standard InChI is InChI=1S/C18H15N3O3/c22-17(15-9-12-5-1-2-6-14(12)18(23)24-15)19-10-13-11-21-8-4-3-7-16(21)20-13/h1-8,11,15H,9-10H2,(H,19,22)/t15-/m0/s1. The maximum Gasteiger partial charge on any atom is 0.339 e. The van der Waals surface area contributed by atoms with Crippen LogP contribution in [0.4, 0.5) is 0 Å². The highest BCUT2D eigenvalue weighted by Gasteiger charge is 2.30. The lowest BCUT2D eigenvalue weighted by atomic mass is 9.98. The quantitative estimate of drug-likeness (QED) is 0.746. The van der Waals surface area contributed by atoms with Crippen LogP contribution in [0.5, 0.6) is 0 Å². The largest absolute Gasteiger partial charge is 0.448 e. The average Bonchev–Trinajstić information content (AvgIpc) is 3.02. The van der Waals surface area contributed by atoms with Gasteiger partial charge in [-0.2, -0.15) is 0 Å². The number of hydrogen-bond donors (Lipinski definition) is 1. The summed E-state index contributed by atoms with van der Waals surface area (Å²) in [5.74, 6) is -0.764. The molecular formula is C18H15N3O3. The summed E-state index contributed by atoms with van der Waals surface area (Å²) < 4.78 is 7.13. The van der Waals surface area contributed by atoms with E-state index in [4.69, 9.17) is 4.74 Å². The zero-order chi connectivity index (χ0) is 16.5. The summed E-state index contributed by atoms with van der Waals surface area (Å²) in [5.41, 5.74) is 2.93. The lowest BCUT2D eigenvalue weighted by molar-refractivity contribution is -0.130. The monoisotopic (exact) mass is 321 g/mol. The van der Waals surface area contributed by atoms with Gasteiger partial charge in [0, 0.05) is 18.8 Å². The Bertz CT molecular complexity index is 899. The molecule has 1 atom stereocenters. The first kappa shape index (κ1) is 14.4. The van der Waals surface area contributed by atoms with Gasteiger partial charge in [0.1, 0.15) is 5.65 Å². The van der Waals surface area contributed by atoms with E-state index in [1.54, 1.807) is 12.1 Å². The number of esters is 1. The van der Waals surface area contributed by atoms with Gasteiger partial charge in [-0.15, -0.1) is 0 Å². The Morgan fingerprint density at radius 3 is 2.96 bits per heavy atom. The molecule has 0 saturated heterocycles. The Morgan fingerprint density at radius 2 is 2.08 bits per heavy atom. The molecule has 1 amide bonds. The first-order valence-corrected chi connectivity index (χ1v) is 7.70. The van der Waals surface area contributed by atoms with Gasteiger partial charge in [0.25, 0.3) is 5.91 Å². The van der Waals surface area contributed by atoms with Crippen molar-refractivity contribution in [2.45, 2.75) is 19.1 Å². The minimum Gasteiger partial charge on any atom is -0.448 e. The molecule has 0 saturated carbocycles. The Hall–Kier alpha value is -3.15. The Balaban J connectivity index is 1.44. The average molecular weight is 321 g/mol. The predicted octanol–water partition coefficient (Wildman–Crippen LogP) is 1.73. The van der Waals surface area contributed by atoms with Crippen LogP contribution in [0.2, 0.25) is 0 Å². The van der Waals surface area contributed by atoms with E-state index in [-0.39, 0.29) is 12.5 Å². The third-order valence-electron chi connectivity index (χ3n) is 4.04. The summed E-state index contributed by atoms with van der Waals surface area (Å²) in [6, 6.07) is 12.9. The summed E-state index contributed by atoms with van der Waals surface area (Å²) in [4.78, 5) is 28.7. The number of nitrogens with zero attached hydrogens (tertiary/aromatic N) is 2. The summed E-state index contributed by atoms with van der Waals surface area (Å²) in [7, 11) is 0. The van der Waals surface area contributed by atoms with Crippen molar-refractivity contribution in [3.8, 4) is 0 Å². The highest BCUT2D eigenvalue weighted by Crippen LogP contribution is 2.20. The SMILES string of the molecule is O=C1O[C@H](C(=O)NCc2cn3ccccc3n2)Cc2ccccc21. The highest BCUT2D eigenvalue weighted by atomic mass is 16.5. The number of amides is 1. The minimum absolute atomic E-state index is 0.288. The molecule has 0 spiro atoms. The van der Waals surface area contributed by atoms with Gasteiger partial charge in [-0.1, -0.05) is 24.3 Å². The number of pyridine rings is 1. The molecule has 0 fully saturated rings. The molecule has 6 heteroatoms. The van der Waals surface area contributed by atoms with E-state index in [1.807, 2.05) is 47.1 Å². The number of carbonyl (C=O) groups is 2. The smallest absolute Gasteiger partial charge is 0.339 e. The topological polar surface area (TPSA) is 72.7 Å². The van der Waals surface area contributed by atoms with Crippen molar-refractivity contribution in [1.29, 1.82) is 0 Å². The summed E-state index contributed by atoms with van der Waals surface area (Å²) in [6.45, 7) is 0.288. The molecule has 2 aromatic heterocycles. The van der Waals surface area contributed by atoms with E-state index in [1.165, 1.54) is 0 Å². The highest BCUT2D eigenvalue weighted by molar-refractivity contribution is 5.95. The molecule has 1 N–H and O–H groups in total. The van der Waals surface area contributed by atoms with Crippen LogP contribution in [0.25, 0.3) is 5.65 Å². The van der Waals surface area contributed by atoms with Crippen molar-refractivity contribution in [3.05, 3.63) is 71.7 Å². The molecule has 3 aromatic rings. The van der Waals surface area contributed by atoms with Crippen LogP contribution in [0.1, 0.15) is 21.6 Å². The Kier molecular flexibility index (Phi) is 3.49. The van der Waals surface area contributed by atoms with Crippen LogP contribution in [-0.2, 0) is 22.5 Å². The van der Waals surface area contributed by atoms with Crippen molar-refractivity contribution < 1.29 is 14.3 Å². The van der Waals surface area contributed by atoms with Crippen LogP contribution in [0, 0.1) is 0 Å². The van der Waals surface area contributed by atoms with Gasteiger partial charge in [0.15, 0.2) is 6.10 Å². The normalized spacial score (nSPS) is 16.5. The third-order valence-corrected chi connectivity index (χ3v) is 4.04. The van der Waals surface area contributed by atoms with Crippen molar-refractivity contribution in [1.82, 2.24) is 14.7 Å². The molecule has 0 unspecified atom stereocenters. The van der Waals surface area contributed by atoms with Gasteiger partial charge in [0.05, 0.1) is 17.8 Å². The van der Waals surface area contributed by atoms with Gasteiger partial charge in [0.2, 0.25) is 0 Å². The van der Waals surface area contributed by atoms with E-state index in [0.717, 1.165) is 16.9 Å². The molecule has 3 heterocycles. The van der Waals surface area contributed by atoms with Crippen molar-refractivity contribution in [2.24, 2.45) is 0 Å². The minimum atomic E-state index is -0.801. The number of cyclic esters (lactones) is 1. The van der Waals surface area contributed by atoms with E-state index in [9.17, 15) is 9.59 Å². The fourth-order valence-corrected chi connectivity index (χ4v) is 2.84. The molecule has 1 aliphatic heterocycles. The van der Waals surface area contributed by atoms with Crippen LogP contribution < -0.4 is 5.32 Å². The fourth-order valence-electron chi connectivity index (χ4n) is 2.84. The first-order chi connectivity index (χ1) is 11.7. The third kappa shape index (κ3) is 2.62. The number of aromatic nitrogens is 2. The molecule has 4 rings (SSSR count). The number of fused-ring (bicyclic) bond motifs is 2. The molecule has 0 aliphatic carbocycles. The second kappa shape index (κ2) is 5.81. The summed E-state index contributed by atoms with van der Waals surface area (Å²) >= 11 is 0. The molecular weight excluding hydrogens is 306 g/mol. The molecule has 24 heavy (non-hydrogen) atoms. The lowest BCUT2D eigenvalue weighted by Gasteiger charge is -2.23. The number of carbonyl (C=O) groups excluding carboxylic acids is 2. The predicted molar refractivity (Wildman–Crippen MR) is 86.4 cm³/mol. The maximum atomic E-state index is 12.3. The van der Waals surface area contributed by atoms with Gasteiger partial charge >= 0.3 is 5.97 Å². The zero-order valence-corrected chi connectivity index (χ0v) is 12.8. The van der Waals surface area contributed by atoms with E-state index >= 15 is 0 Å². The second-order valence-corrected chi connectivity index (χ2v) is 5.67. The van der Waals surface area contributed by atoms with Gasteiger partial charge in [-0.3, -0.25) is 4.79 Å². The zero-order valence-electron chi connectivity index (χ0n) is 12.8. The van der Waals surface area contributed by atoms with E-state index in [2.05, 4.69) is 10.3 Å². The van der Waals surface area contributed by atoms with Crippen molar-refractivity contribution in [3.63, 3.8) is 0 Å². The van der Waals surface area contributed by atoms with Crippen LogP contribution in [-0.4, -0.2) is 27.4 Å². The number of benzene rings is 1. The number of nitrogens with one attached hydrogen (secondary N) is 1. The molecule has 0 bridgehead atoms. The molecule has 6 nitrogen and oxygen atoms in total. The maximum absolute atomic E-state index is 12.3. The van der Waals surface area contributed by atoms with Gasteiger partial charge in [-0.05, 0) is 23.8 Å². The van der Waals surface area contributed by atoms with Crippen LogP contribution in [0.3, 0.4) is 0 Å². The first-order valence-electron chi connectivity index (χ1n) is 7.70.